The predicted octanol–water partition coefficient (Wildman–Crippen LogP) is 1.53. The van der Waals surface area contributed by atoms with Gasteiger partial charge in [-0.1, -0.05) is 18.2 Å². The molecule has 0 aliphatic carbocycles. The summed E-state index contributed by atoms with van der Waals surface area (Å²) in [5.41, 5.74) is 0.512. The smallest absolute Gasteiger partial charge is 0.324 e. The van der Waals surface area contributed by atoms with Gasteiger partial charge in [0.25, 0.3) is 5.69 Å². The van der Waals surface area contributed by atoms with Crippen molar-refractivity contribution in [3.8, 4) is 6.07 Å². The van der Waals surface area contributed by atoms with E-state index in [0.717, 1.165) is 19.2 Å². The highest BCUT2D eigenvalue weighted by molar-refractivity contribution is 7.89. The summed E-state index contributed by atoms with van der Waals surface area (Å²) in [6.07, 6.45) is -0.0592. The molecule has 0 aliphatic heterocycles. The van der Waals surface area contributed by atoms with Gasteiger partial charge >= 0.3 is 5.97 Å². The van der Waals surface area contributed by atoms with Crippen LogP contribution in [-0.4, -0.2) is 32.5 Å². The Balaban J connectivity index is 2.32. The highest BCUT2D eigenvalue weighted by Gasteiger charge is 2.27. The number of ether oxygens (including phenoxy) is 1. The molecule has 27 heavy (non-hydrogen) atoms. The van der Waals surface area contributed by atoms with Crippen LogP contribution in [0, 0.1) is 21.4 Å². The van der Waals surface area contributed by atoms with Crippen LogP contribution in [0.1, 0.15) is 11.1 Å². The van der Waals surface area contributed by atoms with Crippen molar-refractivity contribution in [1.29, 1.82) is 5.26 Å². The Morgan fingerprint density at radius 1 is 1.30 bits per heavy atom. The first-order chi connectivity index (χ1) is 12.8. The second-order valence-electron chi connectivity index (χ2n) is 5.47. The molecule has 0 aromatic heterocycles. The molecule has 0 saturated carbocycles. The molecule has 0 amide bonds. The number of nitrogens with one attached hydrogen (secondary N) is 1. The monoisotopic (exact) mass is 389 g/mol. The Bertz CT molecular complexity index is 1010. The van der Waals surface area contributed by atoms with E-state index in [9.17, 15) is 23.3 Å². The van der Waals surface area contributed by atoms with Gasteiger partial charge in [-0.3, -0.25) is 14.9 Å². The number of carbonyl (C=O) groups is 1. The first-order valence-electron chi connectivity index (χ1n) is 7.60. The van der Waals surface area contributed by atoms with Crippen LogP contribution >= 0.6 is 0 Å². The Morgan fingerprint density at radius 3 is 2.63 bits per heavy atom. The number of nitrogens with zero attached hydrogens (tertiary/aromatic N) is 2. The Labute approximate surface area is 155 Å². The molecule has 0 aliphatic rings. The number of hydrogen-bond donors (Lipinski definition) is 1. The Morgan fingerprint density at radius 2 is 2.00 bits per heavy atom. The van der Waals surface area contributed by atoms with E-state index in [1.807, 2.05) is 6.07 Å². The van der Waals surface area contributed by atoms with Gasteiger partial charge in [-0.05, 0) is 30.2 Å². The Hall–Kier alpha value is -3.29. The SMILES string of the molecule is COC(=O)[C@H](Cc1cccc(C#N)c1)NS(=O)(=O)c1cccc([N+](=O)[O-])c1. The van der Waals surface area contributed by atoms with Gasteiger partial charge in [0.05, 0.1) is 28.6 Å². The maximum Gasteiger partial charge on any atom is 0.324 e. The van der Waals surface area contributed by atoms with Gasteiger partial charge in [0.2, 0.25) is 10.0 Å². The molecule has 0 unspecified atom stereocenters. The van der Waals surface area contributed by atoms with E-state index in [4.69, 9.17) is 5.26 Å². The maximum atomic E-state index is 12.6. The van der Waals surface area contributed by atoms with Gasteiger partial charge in [-0.25, -0.2) is 8.42 Å². The van der Waals surface area contributed by atoms with E-state index in [1.54, 1.807) is 18.2 Å². The lowest BCUT2D eigenvalue weighted by molar-refractivity contribution is -0.385. The number of hydrogen-bond acceptors (Lipinski definition) is 7. The summed E-state index contributed by atoms with van der Waals surface area (Å²) >= 11 is 0. The summed E-state index contributed by atoms with van der Waals surface area (Å²) in [6, 6.07) is 11.5. The summed E-state index contributed by atoms with van der Waals surface area (Å²) in [5, 5.41) is 19.8. The van der Waals surface area contributed by atoms with Gasteiger partial charge < -0.3 is 4.74 Å². The fourth-order valence-corrected chi connectivity index (χ4v) is 3.56. The standard InChI is InChI=1S/C17H15N3O6S/c1-26-17(21)16(9-12-4-2-5-13(8-12)11-18)19-27(24,25)15-7-3-6-14(10-15)20(22)23/h2-8,10,16,19H,9H2,1H3/t16-/m0/s1. The highest BCUT2D eigenvalue weighted by atomic mass is 32.2. The molecular formula is C17H15N3O6S. The molecule has 2 rings (SSSR count). The van der Waals surface area contributed by atoms with Crippen molar-refractivity contribution in [3.05, 3.63) is 69.8 Å². The van der Waals surface area contributed by atoms with E-state index in [2.05, 4.69) is 9.46 Å². The molecule has 1 atom stereocenters. The van der Waals surface area contributed by atoms with Crippen molar-refractivity contribution in [2.45, 2.75) is 17.4 Å². The topological polar surface area (TPSA) is 139 Å². The number of methoxy groups -OCH3 is 1. The van der Waals surface area contributed by atoms with Crippen LogP contribution in [0.25, 0.3) is 0 Å². The maximum absolute atomic E-state index is 12.6. The Kier molecular flexibility index (Phi) is 6.23. The third-order valence-electron chi connectivity index (χ3n) is 3.62. The van der Waals surface area contributed by atoms with E-state index in [-0.39, 0.29) is 11.3 Å². The summed E-state index contributed by atoms with van der Waals surface area (Å²) in [7, 11) is -3.11. The zero-order valence-electron chi connectivity index (χ0n) is 14.2. The van der Waals surface area contributed by atoms with Crippen molar-refractivity contribution in [1.82, 2.24) is 4.72 Å². The van der Waals surface area contributed by atoms with E-state index in [0.29, 0.717) is 11.1 Å². The molecule has 0 fully saturated rings. The van der Waals surface area contributed by atoms with Crippen LogP contribution in [-0.2, 0) is 26.0 Å². The van der Waals surface area contributed by atoms with Crippen molar-refractivity contribution in [2.75, 3.05) is 7.11 Å². The minimum absolute atomic E-state index is 0.0592. The number of esters is 1. The normalized spacial score (nSPS) is 12.0. The average Bonchev–Trinajstić information content (AvgIpc) is 2.66. The first-order valence-corrected chi connectivity index (χ1v) is 9.09. The second-order valence-corrected chi connectivity index (χ2v) is 7.18. The summed E-state index contributed by atoms with van der Waals surface area (Å²) < 4.78 is 32.0. The summed E-state index contributed by atoms with van der Waals surface area (Å²) in [6.45, 7) is 0. The second kappa shape index (κ2) is 8.39. The lowest BCUT2D eigenvalue weighted by Gasteiger charge is -2.17. The molecule has 0 bridgehead atoms. The molecular weight excluding hydrogens is 374 g/mol. The number of carbonyl (C=O) groups excluding carboxylic acids is 1. The fourth-order valence-electron chi connectivity index (χ4n) is 2.34. The summed E-state index contributed by atoms with van der Waals surface area (Å²) in [4.78, 5) is 21.8. The largest absolute Gasteiger partial charge is 0.468 e. The molecule has 0 heterocycles. The first kappa shape index (κ1) is 20.0. The number of nitro benzene ring substituents is 1. The minimum atomic E-state index is -4.23. The molecule has 2 aromatic rings. The molecule has 0 saturated heterocycles. The number of non-ortho nitro benzene ring substituents is 1. The summed E-state index contributed by atoms with van der Waals surface area (Å²) in [5.74, 6) is -0.827. The lowest BCUT2D eigenvalue weighted by Crippen LogP contribution is -2.43. The molecule has 10 heteroatoms. The molecule has 0 spiro atoms. The van der Waals surface area contributed by atoms with E-state index < -0.39 is 32.6 Å². The van der Waals surface area contributed by atoms with Crippen LogP contribution in [0.4, 0.5) is 5.69 Å². The van der Waals surface area contributed by atoms with Crippen molar-refractivity contribution < 1.29 is 22.9 Å². The molecule has 2 aromatic carbocycles. The van der Waals surface area contributed by atoms with Crippen LogP contribution in [0.3, 0.4) is 0 Å². The van der Waals surface area contributed by atoms with Gasteiger partial charge in [0, 0.05) is 12.1 Å². The molecule has 140 valence electrons. The number of nitro groups is 1. The molecule has 1 N–H and O–H groups in total. The van der Waals surface area contributed by atoms with Crippen molar-refractivity contribution in [2.24, 2.45) is 0 Å². The van der Waals surface area contributed by atoms with Crippen LogP contribution in [0.5, 0.6) is 0 Å². The van der Waals surface area contributed by atoms with Gasteiger partial charge in [0.15, 0.2) is 0 Å². The van der Waals surface area contributed by atoms with Gasteiger partial charge in [0.1, 0.15) is 6.04 Å². The molecule has 0 radical (unpaired) electrons. The quantitative estimate of drug-likeness (QED) is 0.430. The average molecular weight is 389 g/mol. The highest BCUT2D eigenvalue weighted by Crippen LogP contribution is 2.18. The molecule has 9 nitrogen and oxygen atoms in total. The third-order valence-corrected chi connectivity index (χ3v) is 5.09. The number of benzene rings is 2. The van der Waals surface area contributed by atoms with E-state index in [1.165, 1.54) is 18.2 Å². The predicted molar refractivity (Wildman–Crippen MR) is 94.1 cm³/mol. The van der Waals surface area contributed by atoms with Crippen LogP contribution in [0.15, 0.2) is 53.4 Å². The van der Waals surface area contributed by atoms with Gasteiger partial charge in [-0.2, -0.15) is 9.98 Å². The number of sulfonamides is 1. The zero-order valence-corrected chi connectivity index (χ0v) is 15.0. The van der Waals surface area contributed by atoms with Crippen LogP contribution in [0.2, 0.25) is 0 Å². The number of nitriles is 1. The zero-order chi connectivity index (χ0) is 20.0. The van der Waals surface area contributed by atoms with E-state index >= 15 is 0 Å². The van der Waals surface area contributed by atoms with Gasteiger partial charge in [-0.15, -0.1) is 0 Å². The minimum Gasteiger partial charge on any atom is -0.468 e. The third kappa shape index (κ3) is 5.10. The van der Waals surface area contributed by atoms with Crippen LogP contribution < -0.4 is 4.72 Å². The fraction of sp³-hybridized carbons (Fsp3) is 0.176. The lowest BCUT2D eigenvalue weighted by atomic mass is 10.0. The van der Waals surface area contributed by atoms with Crippen molar-refractivity contribution in [3.63, 3.8) is 0 Å². The number of rotatable bonds is 7. The van der Waals surface area contributed by atoms with Crippen molar-refractivity contribution >= 4 is 21.7 Å².